The van der Waals surface area contributed by atoms with Crippen molar-refractivity contribution in [2.45, 2.75) is 12.8 Å². The molecule has 4 heteroatoms. The molecule has 2 atom stereocenters. The van der Waals surface area contributed by atoms with Crippen molar-refractivity contribution in [3.05, 3.63) is 164 Å². The molecular formula is C39H30N4. The summed E-state index contributed by atoms with van der Waals surface area (Å²) in [5.74, 6) is 0.428. The molecule has 2 aromatic carbocycles. The van der Waals surface area contributed by atoms with Gasteiger partial charge in [0.1, 0.15) is 0 Å². The maximum absolute atomic E-state index is 4.39. The van der Waals surface area contributed by atoms with Crippen LogP contribution in [0.3, 0.4) is 0 Å². The molecule has 4 heterocycles. The van der Waals surface area contributed by atoms with Gasteiger partial charge in [-0.3, -0.25) is 19.9 Å². The van der Waals surface area contributed by atoms with Gasteiger partial charge < -0.3 is 0 Å². The molecule has 0 amide bonds. The van der Waals surface area contributed by atoms with E-state index in [0.29, 0.717) is 0 Å². The molecule has 0 saturated heterocycles. The Morgan fingerprint density at radius 1 is 0.465 bits per heavy atom. The van der Waals surface area contributed by atoms with E-state index in [-0.39, 0.29) is 11.8 Å². The molecule has 0 radical (unpaired) electrons. The van der Waals surface area contributed by atoms with Gasteiger partial charge in [0.05, 0.1) is 0 Å². The quantitative estimate of drug-likeness (QED) is 0.206. The van der Waals surface area contributed by atoms with E-state index in [1.165, 1.54) is 16.7 Å². The number of allylic oxidation sites excluding steroid dienone is 4. The largest absolute Gasteiger partial charge is 0.264 e. The lowest BCUT2D eigenvalue weighted by molar-refractivity contribution is 0.654. The first kappa shape index (κ1) is 26.4. The molecule has 7 rings (SSSR count). The third kappa shape index (κ3) is 5.55. The van der Waals surface area contributed by atoms with Gasteiger partial charge in [0.2, 0.25) is 0 Å². The minimum absolute atomic E-state index is 0.191. The third-order valence-corrected chi connectivity index (χ3v) is 8.21. The van der Waals surface area contributed by atoms with Gasteiger partial charge in [-0.05, 0) is 93.4 Å². The van der Waals surface area contributed by atoms with Crippen molar-refractivity contribution >= 4 is 5.57 Å². The zero-order chi connectivity index (χ0) is 29.0. The summed E-state index contributed by atoms with van der Waals surface area (Å²) in [7, 11) is 0. The van der Waals surface area contributed by atoms with Crippen LogP contribution in [0.15, 0.2) is 153 Å². The van der Waals surface area contributed by atoms with Crippen LogP contribution in [0.2, 0.25) is 0 Å². The van der Waals surface area contributed by atoms with Gasteiger partial charge in [-0.1, -0.05) is 61.5 Å². The Morgan fingerprint density at radius 3 is 1.26 bits per heavy atom. The summed E-state index contributed by atoms with van der Waals surface area (Å²) in [6.07, 6.45) is 21.8. The van der Waals surface area contributed by atoms with Crippen LogP contribution in [0.5, 0.6) is 0 Å². The maximum atomic E-state index is 4.39. The molecule has 0 spiro atoms. The average molecular weight is 555 g/mol. The molecule has 0 fully saturated rings. The lowest BCUT2D eigenvalue weighted by atomic mass is 9.75. The molecule has 1 aliphatic rings. The van der Waals surface area contributed by atoms with Crippen LogP contribution >= 0.6 is 0 Å². The van der Waals surface area contributed by atoms with Crippen molar-refractivity contribution in [3.8, 4) is 44.5 Å². The Hall–Kier alpha value is -5.48. The molecule has 4 aromatic heterocycles. The van der Waals surface area contributed by atoms with Crippen LogP contribution in [0.1, 0.15) is 24.0 Å². The Labute approximate surface area is 252 Å². The molecule has 4 nitrogen and oxygen atoms in total. The lowest BCUT2D eigenvalue weighted by Crippen LogP contribution is -2.13. The van der Waals surface area contributed by atoms with E-state index in [1.54, 1.807) is 0 Å². The number of aromatic nitrogens is 4. The number of rotatable bonds is 6. The van der Waals surface area contributed by atoms with E-state index in [2.05, 4.69) is 106 Å². The Kier molecular flexibility index (Phi) is 7.24. The standard InChI is InChI=1S/C39H30N4/c1-27-38(36-19-32(28-7-3-13-40-23-28)17-33(20-36)29-8-4-14-41-24-29)11-2-12-39(27)37-21-34(30-9-5-15-42-25-30)18-35(22-37)31-10-6-16-43-26-31/h2-27,38H,1H3. The first-order chi connectivity index (χ1) is 21.2. The topological polar surface area (TPSA) is 51.6 Å². The highest BCUT2D eigenvalue weighted by Crippen LogP contribution is 2.43. The van der Waals surface area contributed by atoms with E-state index in [0.717, 1.165) is 44.5 Å². The predicted molar refractivity (Wildman–Crippen MR) is 175 cm³/mol. The summed E-state index contributed by atoms with van der Waals surface area (Å²) in [5, 5.41) is 0. The Balaban J connectivity index is 1.32. The second kappa shape index (κ2) is 11.8. The first-order valence-corrected chi connectivity index (χ1v) is 14.5. The van der Waals surface area contributed by atoms with Crippen molar-refractivity contribution in [1.29, 1.82) is 0 Å². The van der Waals surface area contributed by atoms with E-state index in [4.69, 9.17) is 0 Å². The van der Waals surface area contributed by atoms with Gasteiger partial charge in [-0.25, -0.2) is 0 Å². The van der Waals surface area contributed by atoms with Gasteiger partial charge in [0.15, 0.2) is 0 Å². The zero-order valence-corrected chi connectivity index (χ0v) is 23.9. The molecule has 0 bridgehead atoms. The number of hydrogen-bond acceptors (Lipinski definition) is 4. The molecule has 1 aliphatic carbocycles. The highest BCUT2D eigenvalue weighted by molar-refractivity contribution is 5.82. The molecular weight excluding hydrogens is 524 g/mol. The monoisotopic (exact) mass is 554 g/mol. The summed E-state index contributed by atoms with van der Waals surface area (Å²) in [5.41, 5.74) is 12.7. The van der Waals surface area contributed by atoms with Crippen LogP contribution in [0.4, 0.5) is 0 Å². The number of hydrogen-bond donors (Lipinski definition) is 0. The minimum atomic E-state index is 0.191. The molecule has 6 aromatic rings. The average Bonchev–Trinajstić information content (AvgIpc) is 3.09. The van der Waals surface area contributed by atoms with Crippen LogP contribution in [-0.2, 0) is 0 Å². The number of nitrogens with zero attached hydrogens (tertiary/aromatic N) is 4. The predicted octanol–water partition coefficient (Wildman–Crippen LogP) is 9.31. The smallest absolute Gasteiger partial charge is 0.0346 e. The number of benzene rings is 2. The first-order valence-electron chi connectivity index (χ1n) is 14.5. The molecule has 2 unspecified atom stereocenters. The third-order valence-electron chi connectivity index (χ3n) is 8.21. The highest BCUT2D eigenvalue weighted by atomic mass is 14.6. The minimum Gasteiger partial charge on any atom is -0.264 e. The zero-order valence-electron chi connectivity index (χ0n) is 23.9. The van der Waals surface area contributed by atoms with Crippen molar-refractivity contribution in [1.82, 2.24) is 19.9 Å². The van der Waals surface area contributed by atoms with Gasteiger partial charge in [0, 0.05) is 77.7 Å². The van der Waals surface area contributed by atoms with Gasteiger partial charge in [-0.2, -0.15) is 0 Å². The summed E-state index contributed by atoms with van der Waals surface area (Å²) in [6.45, 7) is 2.33. The van der Waals surface area contributed by atoms with Crippen molar-refractivity contribution in [2.75, 3.05) is 0 Å². The second-order valence-electron chi connectivity index (χ2n) is 10.9. The van der Waals surface area contributed by atoms with Gasteiger partial charge in [-0.15, -0.1) is 0 Å². The molecule has 0 aliphatic heterocycles. The summed E-state index contributed by atoms with van der Waals surface area (Å²) < 4.78 is 0. The molecule has 0 N–H and O–H groups in total. The van der Waals surface area contributed by atoms with Gasteiger partial charge in [0.25, 0.3) is 0 Å². The second-order valence-corrected chi connectivity index (χ2v) is 10.9. The Bertz CT molecular complexity index is 1800. The SMILES string of the molecule is CC1C(c2cc(-c3cccnc3)cc(-c3cccnc3)c2)=CC=CC1c1cc(-c2cccnc2)cc(-c2cccnc2)c1. The van der Waals surface area contributed by atoms with E-state index in [9.17, 15) is 0 Å². The van der Waals surface area contributed by atoms with Crippen molar-refractivity contribution < 1.29 is 0 Å². The fourth-order valence-electron chi connectivity index (χ4n) is 5.99. The van der Waals surface area contributed by atoms with Crippen LogP contribution in [0.25, 0.3) is 50.1 Å². The normalized spacial score (nSPS) is 16.1. The maximum Gasteiger partial charge on any atom is 0.0346 e. The highest BCUT2D eigenvalue weighted by Gasteiger charge is 2.25. The van der Waals surface area contributed by atoms with Crippen LogP contribution < -0.4 is 0 Å². The van der Waals surface area contributed by atoms with Crippen molar-refractivity contribution in [2.24, 2.45) is 5.92 Å². The fourth-order valence-corrected chi connectivity index (χ4v) is 5.99. The van der Waals surface area contributed by atoms with E-state index >= 15 is 0 Å². The summed E-state index contributed by atoms with van der Waals surface area (Å²) >= 11 is 0. The molecule has 206 valence electrons. The fraction of sp³-hybridized carbons (Fsp3) is 0.0769. The van der Waals surface area contributed by atoms with E-state index in [1.807, 2.05) is 73.8 Å². The Morgan fingerprint density at radius 2 is 0.860 bits per heavy atom. The van der Waals surface area contributed by atoms with Crippen molar-refractivity contribution in [3.63, 3.8) is 0 Å². The number of pyridine rings is 4. The van der Waals surface area contributed by atoms with Crippen LogP contribution in [0, 0.1) is 5.92 Å². The molecule has 43 heavy (non-hydrogen) atoms. The van der Waals surface area contributed by atoms with Crippen LogP contribution in [-0.4, -0.2) is 19.9 Å². The lowest BCUT2D eigenvalue weighted by Gasteiger charge is -2.29. The summed E-state index contributed by atoms with van der Waals surface area (Å²) in [6, 6.07) is 30.1. The summed E-state index contributed by atoms with van der Waals surface area (Å²) in [4.78, 5) is 17.6. The van der Waals surface area contributed by atoms with E-state index < -0.39 is 0 Å². The molecule has 0 saturated carbocycles. The van der Waals surface area contributed by atoms with Gasteiger partial charge >= 0.3 is 0 Å².